The SMILES string of the molecule is CC(C)Cc1ccc(C(C)C(=O)NS(=O)(=O)CCN)cc1. The van der Waals surface area contributed by atoms with Gasteiger partial charge in [-0.2, -0.15) is 0 Å². The van der Waals surface area contributed by atoms with Gasteiger partial charge in [-0.15, -0.1) is 0 Å². The molecule has 1 unspecified atom stereocenters. The first-order chi connectivity index (χ1) is 9.75. The van der Waals surface area contributed by atoms with Gasteiger partial charge in [-0.1, -0.05) is 38.1 Å². The summed E-state index contributed by atoms with van der Waals surface area (Å²) in [5.74, 6) is -0.734. The van der Waals surface area contributed by atoms with Crippen molar-refractivity contribution in [2.75, 3.05) is 12.3 Å². The summed E-state index contributed by atoms with van der Waals surface area (Å²) in [6, 6.07) is 7.70. The molecule has 6 heteroatoms. The fourth-order valence-corrected chi connectivity index (χ4v) is 2.91. The molecule has 0 bridgehead atoms. The average Bonchev–Trinajstić information content (AvgIpc) is 2.37. The highest BCUT2D eigenvalue weighted by Crippen LogP contribution is 2.18. The molecule has 1 atom stereocenters. The molecular formula is C15H24N2O3S. The molecule has 0 saturated heterocycles. The number of hydrogen-bond donors (Lipinski definition) is 2. The molecule has 0 spiro atoms. The summed E-state index contributed by atoms with van der Waals surface area (Å²) in [7, 11) is -3.63. The Morgan fingerprint density at radius 3 is 2.24 bits per heavy atom. The van der Waals surface area contributed by atoms with Crippen molar-refractivity contribution in [2.45, 2.75) is 33.1 Å². The summed E-state index contributed by atoms with van der Waals surface area (Å²) in [5.41, 5.74) is 7.20. The van der Waals surface area contributed by atoms with Crippen LogP contribution in [0, 0.1) is 5.92 Å². The van der Waals surface area contributed by atoms with Gasteiger partial charge < -0.3 is 5.73 Å². The Hall–Kier alpha value is -1.40. The maximum Gasteiger partial charge on any atom is 0.240 e. The molecule has 0 saturated carbocycles. The number of nitrogens with one attached hydrogen (secondary N) is 1. The number of carbonyl (C=O) groups excluding carboxylic acids is 1. The fourth-order valence-electron chi connectivity index (χ4n) is 2.01. The normalized spacial score (nSPS) is 13.2. The number of carbonyl (C=O) groups is 1. The number of nitrogens with two attached hydrogens (primary N) is 1. The molecule has 1 aromatic rings. The van der Waals surface area contributed by atoms with Crippen LogP contribution >= 0.6 is 0 Å². The van der Waals surface area contributed by atoms with Gasteiger partial charge in [0.05, 0.1) is 11.7 Å². The van der Waals surface area contributed by atoms with Crippen molar-refractivity contribution < 1.29 is 13.2 Å². The largest absolute Gasteiger partial charge is 0.329 e. The van der Waals surface area contributed by atoms with Crippen molar-refractivity contribution in [2.24, 2.45) is 11.7 Å². The highest BCUT2D eigenvalue weighted by Gasteiger charge is 2.20. The minimum Gasteiger partial charge on any atom is -0.329 e. The van der Waals surface area contributed by atoms with Crippen LogP contribution in [0.5, 0.6) is 0 Å². The van der Waals surface area contributed by atoms with Crippen LogP contribution in [0.3, 0.4) is 0 Å². The van der Waals surface area contributed by atoms with Crippen LogP contribution in [0.4, 0.5) is 0 Å². The summed E-state index contributed by atoms with van der Waals surface area (Å²) in [6.07, 6.45) is 0.978. The minimum atomic E-state index is -3.63. The first-order valence-corrected chi connectivity index (χ1v) is 8.73. The van der Waals surface area contributed by atoms with E-state index in [1.807, 2.05) is 24.3 Å². The zero-order valence-electron chi connectivity index (χ0n) is 12.8. The summed E-state index contributed by atoms with van der Waals surface area (Å²) in [6.45, 7) is 5.96. The van der Waals surface area contributed by atoms with E-state index < -0.39 is 21.8 Å². The van der Waals surface area contributed by atoms with E-state index in [0.717, 1.165) is 12.0 Å². The number of rotatable bonds is 7. The lowest BCUT2D eigenvalue weighted by Gasteiger charge is -2.13. The van der Waals surface area contributed by atoms with E-state index in [0.29, 0.717) is 5.92 Å². The molecule has 0 fully saturated rings. The molecule has 0 radical (unpaired) electrons. The second-order valence-electron chi connectivity index (χ2n) is 5.64. The lowest BCUT2D eigenvalue weighted by molar-refractivity contribution is -0.120. The van der Waals surface area contributed by atoms with Crippen LogP contribution in [0.1, 0.15) is 37.8 Å². The zero-order chi connectivity index (χ0) is 16.0. The van der Waals surface area contributed by atoms with Gasteiger partial charge in [0.1, 0.15) is 0 Å². The van der Waals surface area contributed by atoms with Crippen LogP contribution in [0.15, 0.2) is 24.3 Å². The Kier molecular flexibility index (Phi) is 6.36. The zero-order valence-corrected chi connectivity index (χ0v) is 13.6. The third kappa shape index (κ3) is 5.85. The molecule has 5 nitrogen and oxygen atoms in total. The first-order valence-electron chi connectivity index (χ1n) is 7.08. The molecular weight excluding hydrogens is 288 g/mol. The summed E-state index contributed by atoms with van der Waals surface area (Å²) >= 11 is 0. The molecule has 0 aliphatic heterocycles. The number of hydrogen-bond acceptors (Lipinski definition) is 4. The van der Waals surface area contributed by atoms with Gasteiger partial charge in [0.2, 0.25) is 15.9 Å². The van der Waals surface area contributed by atoms with E-state index in [2.05, 4.69) is 18.6 Å². The molecule has 0 aromatic heterocycles. The second-order valence-corrected chi connectivity index (χ2v) is 7.48. The smallest absolute Gasteiger partial charge is 0.240 e. The molecule has 118 valence electrons. The van der Waals surface area contributed by atoms with Gasteiger partial charge in [0.25, 0.3) is 0 Å². The monoisotopic (exact) mass is 312 g/mol. The second kappa shape index (κ2) is 7.56. The van der Waals surface area contributed by atoms with Crippen molar-refractivity contribution >= 4 is 15.9 Å². The maximum atomic E-state index is 12.0. The molecule has 1 amide bonds. The van der Waals surface area contributed by atoms with Crippen LogP contribution in [0.2, 0.25) is 0 Å². The summed E-state index contributed by atoms with van der Waals surface area (Å²) < 4.78 is 25.1. The first kappa shape index (κ1) is 17.7. The molecule has 3 N–H and O–H groups in total. The Balaban J connectivity index is 2.74. The lowest BCUT2D eigenvalue weighted by atomic mass is 9.96. The van der Waals surface area contributed by atoms with E-state index in [9.17, 15) is 13.2 Å². The van der Waals surface area contributed by atoms with Gasteiger partial charge in [-0.3, -0.25) is 9.52 Å². The van der Waals surface area contributed by atoms with Crippen LogP contribution in [-0.4, -0.2) is 26.6 Å². The molecule has 1 aromatic carbocycles. The van der Waals surface area contributed by atoms with E-state index >= 15 is 0 Å². The fraction of sp³-hybridized carbons (Fsp3) is 0.533. The van der Waals surface area contributed by atoms with Gasteiger partial charge >= 0.3 is 0 Å². The van der Waals surface area contributed by atoms with Crippen LogP contribution < -0.4 is 10.5 Å². The summed E-state index contributed by atoms with van der Waals surface area (Å²) in [5, 5.41) is 0. The number of benzene rings is 1. The molecule has 0 aliphatic rings. The van der Waals surface area contributed by atoms with Crippen molar-refractivity contribution in [3.05, 3.63) is 35.4 Å². The van der Waals surface area contributed by atoms with E-state index in [1.165, 1.54) is 5.56 Å². The standard InChI is InChI=1S/C15H24N2O3S/c1-11(2)10-13-4-6-14(7-5-13)12(3)15(18)17-21(19,20)9-8-16/h4-7,11-12H,8-10,16H2,1-3H3,(H,17,18). The lowest BCUT2D eigenvalue weighted by Crippen LogP contribution is -2.37. The van der Waals surface area contributed by atoms with E-state index in [4.69, 9.17) is 5.73 Å². The quantitative estimate of drug-likeness (QED) is 0.796. The van der Waals surface area contributed by atoms with E-state index in [-0.39, 0.29) is 12.3 Å². The highest BCUT2D eigenvalue weighted by molar-refractivity contribution is 7.90. The molecule has 0 heterocycles. The predicted octanol–water partition coefficient (Wildman–Crippen LogP) is 1.39. The third-order valence-electron chi connectivity index (χ3n) is 3.16. The summed E-state index contributed by atoms with van der Waals surface area (Å²) in [4.78, 5) is 12.0. The van der Waals surface area contributed by atoms with Gasteiger partial charge in [-0.05, 0) is 30.4 Å². The average molecular weight is 312 g/mol. The topological polar surface area (TPSA) is 89.3 Å². The Morgan fingerprint density at radius 1 is 1.19 bits per heavy atom. The number of amides is 1. The van der Waals surface area contributed by atoms with Gasteiger partial charge in [0.15, 0.2) is 0 Å². The van der Waals surface area contributed by atoms with Crippen molar-refractivity contribution in [3.8, 4) is 0 Å². The Bertz CT molecular complexity index is 565. The van der Waals surface area contributed by atoms with E-state index in [1.54, 1.807) is 6.92 Å². The van der Waals surface area contributed by atoms with Gasteiger partial charge in [0, 0.05) is 6.54 Å². The van der Waals surface area contributed by atoms with Gasteiger partial charge in [-0.25, -0.2) is 8.42 Å². The predicted molar refractivity (Wildman–Crippen MR) is 84.4 cm³/mol. The van der Waals surface area contributed by atoms with Crippen molar-refractivity contribution in [3.63, 3.8) is 0 Å². The maximum absolute atomic E-state index is 12.0. The van der Waals surface area contributed by atoms with Crippen molar-refractivity contribution in [1.29, 1.82) is 0 Å². The van der Waals surface area contributed by atoms with Crippen LogP contribution in [0.25, 0.3) is 0 Å². The Morgan fingerprint density at radius 2 is 1.76 bits per heavy atom. The minimum absolute atomic E-state index is 0.0130. The van der Waals surface area contributed by atoms with Crippen LogP contribution in [-0.2, 0) is 21.2 Å². The molecule has 1 rings (SSSR count). The number of sulfonamides is 1. The third-order valence-corrected chi connectivity index (χ3v) is 4.44. The molecule has 21 heavy (non-hydrogen) atoms. The Labute approximate surface area is 127 Å². The highest BCUT2D eigenvalue weighted by atomic mass is 32.2. The molecule has 0 aliphatic carbocycles. The van der Waals surface area contributed by atoms with Crippen molar-refractivity contribution in [1.82, 2.24) is 4.72 Å².